The van der Waals surface area contributed by atoms with Crippen molar-refractivity contribution in [1.82, 2.24) is 9.97 Å². The Morgan fingerprint density at radius 2 is 2.00 bits per heavy atom. The topological polar surface area (TPSA) is 37.8 Å². The molecule has 1 fully saturated rings. The third kappa shape index (κ3) is 2.73. The molecular weight excluding hydrogens is 243 g/mol. The summed E-state index contributed by atoms with van der Waals surface area (Å²) in [6.07, 6.45) is -1.26. The highest BCUT2D eigenvalue weighted by Gasteiger charge is 2.34. The molecule has 1 aromatic rings. The zero-order valence-electron chi connectivity index (χ0n) is 10.3. The molecule has 0 amide bonds. The van der Waals surface area contributed by atoms with Crippen molar-refractivity contribution in [2.45, 2.75) is 38.9 Å². The molecule has 100 valence electrons. The first-order valence-corrected chi connectivity index (χ1v) is 6.04. The molecule has 0 saturated heterocycles. The monoisotopic (exact) mass is 259 g/mol. The molecule has 0 aromatic carbocycles. The van der Waals surface area contributed by atoms with E-state index in [4.69, 9.17) is 0 Å². The van der Waals surface area contributed by atoms with E-state index < -0.39 is 11.9 Å². The number of hydrogen-bond acceptors (Lipinski definition) is 3. The van der Waals surface area contributed by atoms with Crippen LogP contribution in [0.1, 0.15) is 32.4 Å². The molecule has 0 aliphatic heterocycles. The minimum atomic E-state index is -4.42. The van der Waals surface area contributed by atoms with Crippen LogP contribution in [0.25, 0.3) is 0 Å². The number of aromatic nitrogens is 2. The van der Waals surface area contributed by atoms with Crippen molar-refractivity contribution in [2.75, 3.05) is 5.32 Å². The summed E-state index contributed by atoms with van der Waals surface area (Å²) in [5, 5.41) is 3.01. The Bertz CT molecular complexity index is 419. The molecule has 2 rings (SSSR count). The second-order valence-electron chi connectivity index (χ2n) is 4.93. The largest absolute Gasteiger partial charge is 0.433 e. The van der Waals surface area contributed by atoms with Gasteiger partial charge in [-0.25, -0.2) is 9.97 Å². The third-order valence-electron chi connectivity index (χ3n) is 3.73. The molecule has 1 aromatic heterocycles. The maximum Gasteiger partial charge on any atom is 0.433 e. The Balaban J connectivity index is 2.11. The smallest absolute Gasteiger partial charge is 0.351 e. The fourth-order valence-corrected chi connectivity index (χ4v) is 2.32. The lowest BCUT2D eigenvalue weighted by molar-refractivity contribution is -0.141. The molecule has 6 heteroatoms. The molecule has 1 heterocycles. The van der Waals surface area contributed by atoms with Crippen LogP contribution in [0.5, 0.6) is 0 Å². The van der Waals surface area contributed by atoms with Crippen molar-refractivity contribution in [1.29, 1.82) is 0 Å². The van der Waals surface area contributed by atoms with Crippen LogP contribution in [-0.2, 0) is 6.18 Å². The Kier molecular flexibility index (Phi) is 3.45. The Hall–Kier alpha value is -1.33. The lowest BCUT2D eigenvalue weighted by Gasteiger charge is -2.19. The molecular formula is C12H16F3N3. The molecule has 0 bridgehead atoms. The van der Waals surface area contributed by atoms with Crippen LogP contribution >= 0.6 is 0 Å². The number of alkyl halides is 3. The molecule has 1 N–H and O–H groups in total. The first-order chi connectivity index (χ1) is 8.38. The summed E-state index contributed by atoms with van der Waals surface area (Å²) < 4.78 is 37.5. The van der Waals surface area contributed by atoms with Gasteiger partial charge in [0.25, 0.3) is 0 Å². The second kappa shape index (κ2) is 4.74. The van der Waals surface area contributed by atoms with Crippen LogP contribution in [0.4, 0.5) is 19.1 Å². The lowest BCUT2D eigenvalue weighted by atomic mass is 9.98. The van der Waals surface area contributed by atoms with Gasteiger partial charge < -0.3 is 5.32 Å². The average molecular weight is 259 g/mol. The molecule has 3 atom stereocenters. The van der Waals surface area contributed by atoms with E-state index in [1.807, 2.05) is 0 Å². The Labute approximate surface area is 104 Å². The number of nitrogens with one attached hydrogen (secondary N) is 1. The van der Waals surface area contributed by atoms with E-state index in [0.29, 0.717) is 11.8 Å². The van der Waals surface area contributed by atoms with Crippen molar-refractivity contribution >= 4 is 5.95 Å². The summed E-state index contributed by atoms with van der Waals surface area (Å²) in [5.74, 6) is 1.06. The summed E-state index contributed by atoms with van der Waals surface area (Å²) in [7, 11) is 0. The van der Waals surface area contributed by atoms with E-state index in [-0.39, 0.29) is 12.0 Å². The van der Waals surface area contributed by atoms with Gasteiger partial charge in [-0.05, 0) is 30.7 Å². The summed E-state index contributed by atoms with van der Waals surface area (Å²) in [6, 6.07) is 1.04. The van der Waals surface area contributed by atoms with Crippen LogP contribution in [-0.4, -0.2) is 16.0 Å². The minimum absolute atomic E-state index is 0.0655. The second-order valence-corrected chi connectivity index (χ2v) is 4.93. The van der Waals surface area contributed by atoms with Gasteiger partial charge in [-0.1, -0.05) is 13.8 Å². The molecule has 1 saturated carbocycles. The standard InChI is InChI=1S/C12H16F3N3/c1-7-3-4-9(8(7)2)17-11-16-6-5-10(18-11)12(13,14)15/h5-9H,3-4H2,1-2H3,(H,16,17,18). The van der Waals surface area contributed by atoms with Crippen LogP contribution < -0.4 is 5.32 Å². The fourth-order valence-electron chi connectivity index (χ4n) is 2.32. The first-order valence-electron chi connectivity index (χ1n) is 6.04. The zero-order chi connectivity index (χ0) is 13.3. The molecule has 3 nitrogen and oxygen atoms in total. The van der Waals surface area contributed by atoms with Gasteiger partial charge in [-0.15, -0.1) is 0 Å². The van der Waals surface area contributed by atoms with Crippen LogP contribution in [0.15, 0.2) is 12.3 Å². The number of anilines is 1. The maximum atomic E-state index is 12.5. The molecule has 1 aliphatic carbocycles. The molecule has 0 radical (unpaired) electrons. The summed E-state index contributed by atoms with van der Waals surface area (Å²) in [5.41, 5.74) is -0.904. The van der Waals surface area contributed by atoms with E-state index in [1.165, 1.54) is 0 Å². The fraction of sp³-hybridized carbons (Fsp3) is 0.667. The number of halogens is 3. The molecule has 0 spiro atoms. The van der Waals surface area contributed by atoms with Crippen LogP contribution in [0.2, 0.25) is 0 Å². The van der Waals surface area contributed by atoms with E-state index in [2.05, 4.69) is 29.1 Å². The van der Waals surface area contributed by atoms with Crippen molar-refractivity contribution in [3.05, 3.63) is 18.0 Å². The van der Waals surface area contributed by atoms with E-state index >= 15 is 0 Å². The quantitative estimate of drug-likeness (QED) is 0.885. The predicted octanol–water partition coefficient (Wildman–Crippen LogP) is 3.34. The van der Waals surface area contributed by atoms with Crippen molar-refractivity contribution in [3.63, 3.8) is 0 Å². The maximum absolute atomic E-state index is 12.5. The highest BCUT2D eigenvalue weighted by Crippen LogP contribution is 2.33. The van der Waals surface area contributed by atoms with Crippen molar-refractivity contribution in [2.24, 2.45) is 11.8 Å². The average Bonchev–Trinajstić information content (AvgIpc) is 2.60. The molecule has 1 aliphatic rings. The van der Waals surface area contributed by atoms with Crippen LogP contribution in [0.3, 0.4) is 0 Å². The zero-order valence-corrected chi connectivity index (χ0v) is 10.3. The van der Waals surface area contributed by atoms with Gasteiger partial charge >= 0.3 is 6.18 Å². The van der Waals surface area contributed by atoms with Gasteiger partial charge in [0, 0.05) is 12.2 Å². The first kappa shape index (κ1) is 13.1. The lowest BCUT2D eigenvalue weighted by Crippen LogP contribution is -2.25. The van der Waals surface area contributed by atoms with Crippen LogP contribution in [0, 0.1) is 11.8 Å². The third-order valence-corrected chi connectivity index (χ3v) is 3.73. The van der Waals surface area contributed by atoms with Gasteiger partial charge in [0.1, 0.15) is 5.69 Å². The van der Waals surface area contributed by atoms with Gasteiger partial charge in [0.15, 0.2) is 0 Å². The number of hydrogen-bond donors (Lipinski definition) is 1. The van der Waals surface area contributed by atoms with Gasteiger partial charge in [-0.3, -0.25) is 0 Å². The molecule has 3 unspecified atom stereocenters. The Morgan fingerprint density at radius 3 is 2.56 bits per heavy atom. The van der Waals surface area contributed by atoms with E-state index in [9.17, 15) is 13.2 Å². The highest BCUT2D eigenvalue weighted by atomic mass is 19.4. The van der Waals surface area contributed by atoms with Gasteiger partial charge in [0.2, 0.25) is 5.95 Å². The number of nitrogens with zero attached hydrogens (tertiary/aromatic N) is 2. The summed E-state index contributed by atoms with van der Waals surface area (Å²) in [4.78, 5) is 7.37. The molecule has 18 heavy (non-hydrogen) atoms. The van der Waals surface area contributed by atoms with E-state index in [0.717, 1.165) is 25.1 Å². The van der Waals surface area contributed by atoms with Gasteiger partial charge in [0.05, 0.1) is 0 Å². The normalized spacial score (nSPS) is 28.4. The summed E-state index contributed by atoms with van der Waals surface area (Å²) >= 11 is 0. The van der Waals surface area contributed by atoms with Crippen molar-refractivity contribution in [3.8, 4) is 0 Å². The van der Waals surface area contributed by atoms with Crippen molar-refractivity contribution < 1.29 is 13.2 Å². The summed E-state index contributed by atoms with van der Waals surface area (Å²) in [6.45, 7) is 4.25. The SMILES string of the molecule is CC1CCC(Nc2nccc(C(F)(F)F)n2)C1C. The van der Waals surface area contributed by atoms with E-state index in [1.54, 1.807) is 0 Å². The highest BCUT2D eigenvalue weighted by molar-refractivity contribution is 5.28. The number of rotatable bonds is 2. The predicted molar refractivity (Wildman–Crippen MR) is 62.0 cm³/mol. The minimum Gasteiger partial charge on any atom is -0.351 e. The van der Waals surface area contributed by atoms with Gasteiger partial charge in [-0.2, -0.15) is 13.2 Å². The Morgan fingerprint density at radius 1 is 1.28 bits per heavy atom.